The zero-order valence-corrected chi connectivity index (χ0v) is 14.8. The minimum Gasteiger partial charge on any atom is -0.467 e. The zero-order valence-electron chi connectivity index (χ0n) is 14.8. The summed E-state index contributed by atoms with van der Waals surface area (Å²) >= 11 is 0. The van der Waals surface area contributed by atoms with Gasteiger partial charge < -0.3 is 9.73 Å². The molecule has 0 saturated heterocycles. The van der Waals surface area contributed by atoms with Crippen LogP contribution in [0, 0.1) is 0 Å². The SMILES string of the molecule is C/C(=N/NC(=O)C(=O)NCc1ccco1)c1ccc(-c2ccccc2)cc1. The summed E-state index contributed by atoms with van der Waals surface area (Å²) in [6.45, 7) is 1.90. The molecule has 0 aliphatic carbocycles. The van der Waals surface area contributed by atoms with Crippen LogP contribution in [0.3, 0.4) is 0 Å². The summed E-state index contributed by atoms with van der Waals surface area (Å²) in [6, 6.07) is 21.3. The molecule has 0 radical (unpaired) electrons. The summed E-state index contributed by atoms with van der Waals surface area (Å²) in [5.74, 6) is -1.04. The molecule has 6 nitrogen and oxygen atoms in total. The molecule has 2 N–H and O–H groups in total. The highest BCUT2D eigenvalue weighted by Gasteiger charge is 2.13. The van der Waals surface area contributed by atoms with Gasteiger partial charge >= 0.3 is 11.8 Å². The molecule has 0 bridgehead atoms. The Bertz CT molecular complexity index is 931. The van der Waals surface area contributed by atoms with Gasteiger partial charge in [-0.2, -0.15) is 5.10 Å². The van der Waals surface area contributed by atoms with Crippen LogP contribution in [0.2, 0.25) is 0 Å². The molecule has 3 rings (SSSR count). The normalized spacial score (nSPS) is 11.1. The van der Waals surface area contributed by atoms with E-state index < -0.39 is 11.8 Å². The van der Waals surface area contributed by atoms with Gasteiger partial charge in [0.05, 0.1) is 18.5 Å². The van der Waals surface area contributed by atoms with E-state index in [2.05, 4.69) is 15.8 Å². The van der Waals surface area contributed by atoms with E-state index in [1.165, 1.54) is 6.26 Å². The van der Waals surface area contributed by atoms with Crippen molar-refractivity contribution >= 4 is 17.5 Å². The predicted octanol–water partition coefficient (Wildman–Crippen LogP) is 3.10. The van der Waals surface area contributed by atoms with Gasteiger partial charge in [-0.25, -0.2) is 5.43 Å². The predicted molar refractivity (Wildman–Crippen MR) is 103 cm³/mol. The first-order valence-electron chi connectivity index (χ1n) is 8.44. The number of rotatable bonds is 5. The molecule has 0 unspecified atom stereocenters. The minimum absolute atomic E-state index is 0.142. The second kappa shape index (κ2) is 8.62. The second-order valence-corrected chi connectivity index (χ2v) is 5.84. The Labute approximate surface area is 156 Å². The molecular formula is C21H19N3O3. The van der Waals surface area contributed by atoms with Crippen molar-refractivity contribution in [2.45, 2.75) is 13.5 Å². The lowest BCUT2D eigenvalue weighted by Crippen LogP contribution is -2.37. The Morgan fingerprint density at radius 1 is 0.889 bits per heavy atom. The molecule has 2 aromatic carbocycles. The van der Waals surface area contributed by atoms with Gasteiger partial charge in [-0.3, -0.25) is 9.59 Å². The van der Waals surface area contributed by atoms with Gasteiger partial charge in [0.15, 0.2) is 0 Å². The molecule has 3 aromatic rings. The molecule has 0 aliphatic heterocycles. The van der Waals surface area contributed by atoms with Crippen LogP contribution in [0.25, 0.3) is 11.1 Å². The van der Waals surface area contributed by atoms with E-state index in [9.17, 15) is 9.59 Å². The van der Waals surface area contributed by atoms with Crippen LogP contribution in [-0.2, 0) is 16.1 Å². The summed E-state index contributed by atoms with van der Waals surface area (Å²) < 4.78 is 5.09. The van der Waals surface area contributed by atoms with E-state index in [0.29, 0.717) is 11.5 Å². The molecule has 1 aromatic heterocycles. The van der Waals surface area contributed by atoms with E-state index in [1.54, 1.807) is 19.1 Å². The van der Waals surface area contributed by atoms with Crippen LogP contribution in [0.15, 0.2) is 82.5 Å². The van der Waals surface area contributed by atoms with E-state index >= 15 is 0 Å². The monoisotopic (exact) mass is 361 g/mol. The van der Waals surface area contributed by atoms with Crippen molar-refractivity contribution < 1.29 is 14.0 Å². The quantitative estimate of drug-likeness (QED) is 0.416. The maximum Gasteiger partial charge on any atom is 0.329 e. The van der Waals surface area contributed by atoms with E-state index in [4.69, 9.17) is 4.42 Å². The Hall–Kier alpha value is -3.67. The van der Waals surface area contributed by atoms with Crippen LogP contribution in [-0.4, -0.2) is 17.5 Å². The minimum atomic E-state index is -0.832. The number of hydrogen-bond acceptors (Lipinski definition) is 4. The first kappa shape index (κ1) is 18.1. The van der Waals surface area contributed by atoms with Crippen molar-refractivity contribution in [1.82, 2.24) is 10.7 Å². The van der Waals surface area contributed by atoms with Crippen molar-refractivity contribution in [3.8, 4) is 11.1 Å². The number of carbonyl (C=O) groups excluding carboxylic acids is 2. The molecule has 0 saturated carbocycles. The summed E-state index contributed by atoms with van der Waals surface area (Å²) in [6.07, 6.45) is 1.50. The largest absolute Gasteiger partial charge is 0.467 e. The summed E-state index contributed by atoms with van der Waals surface area (Å²) in [7, 11) is 0. The lowest BCUT2D eigenvalue weighted by atomic mass is 10.0. The Morgan fingerprint density at radius 2 is 1.59 bits per heavy atom. The molecule has 136 valence electrons. The number of amides is 2. The van der Waals surface area contributed by atoms with Crippen molar-refractivity contribution in [2.24, 2.45) is 5.10 Å². The molecule has 0 spiro atoms. The highest BCUT2D eigenvalue weighted by molar-refractivity contribution is 6.35. The highest BCUT2D eigenvalue weighted by Crippen LogP contribution is 2.19. The zero-order chi connectivity index (χ0) is 19.1. The van der Waals surface area contributed by atoms with Gasteiger partial charge in [0.25, 0.3) is 0 Å². The van der Waals surface area contributed by atoms with Crippen molar-refractivity contribution in [3.63, 3.8) is 0 Å². The fourth-order valence-corrected chi connectivity index (χ4v) is 2.45. The van der Waals surface area contributed by atoms with Crippen molar-refractivity contribution in [3.05, 3.63) is 84.3 Å². The second-order valence-electron chi connectivity index (χ2n) is 5.84. The number of hydrazone groups is 1. The van der Waals surface area contributed by atoms with Crippen LogP contribution >= 0.6 is 0 Å². The number of carbonyl (C=O) groups is 2. The number of furan rings is 1. The third-order valence-corrected chi connectivity index (χ3v) is 3.94. The Balaban J connectivity index is 1.56. The first-order chi connectivity index (χ1) is 13.1. The van der Waals surface area contributed by atoms with Gasteiger partial charge in [0, 0.05) is 0 Å². The molecule has 0 aliphatic rings. The van der Waals surface area contributed by atoms with Gasteiger partial charge in [0.2, 0.25) is 0 Å². The summed E-state index contributed by atoms with van der Waals surface area (Å²) in [4.78, 5) is 23.6. The summed E-state index contributed by atoms with van der Waals surface area (Å²) in [5, 5.41) is 6.46. The standard InChI is InChI=1S/C21H19N3O3/c1-15(16-9-11-18(12-10-16)17-6-3-2-4-7-17)23-24-21(26)20(25)22-14-19-8-5-13-27-19/h2-13H,14H2,1H3,(H,22,25)(H,24,26)/b23-15-. The van der Waals surface area contributed by atoms with Crippen molar-refractivity contribution in [2.75, 3.05) is 0 Å². The van der Waals surface area contributed by atoms with Crippen LogP contribution in [0.5, 0.6) is 0 Å². The molecule has 0 fully saturated rings. The molecule has 27 heavy (non-hydrogen) atoms. The van der Waals surface area contributed by atoms with Crippen molar-refractivity contribution in [1.29, 1.82) is 0 Å². The van der Waals surface area contributed by atoms with Gasteiger partial charge in [0.1, 0.15) is 5.76 Å². The lowest BCUT2D eigenvalue weighted by molar-refractivity contribution is -0.139. The smallest absolute Gasteiger partial charge is 0.329 e. The molecular weight excluding hydrogens is 342 g/mol. The van der Waals surface area contributed by atoms with Crippen LogP contribution in [0.4, 0.5) is 0 Å². The van der Waals surface area contributed by atoms with Gasteiger partial charge in [-0.1, -0.05) is 54.6 Å². The fourth-order valence-electron chi connectivity index (χ4n) is 2.45. The molecule has 0 atom stereocenters. The van der Waals surface area contributed by atoms with E-state index in [0.717, 1.165) is 16.7 Å². The van der Waals surface area contributed by atoms with Gasteiger partial charge in [-0.15, -0.1) is 0 Å². The third-order valence-electron chi connectivity index (χ3n) is 3.94. The topological polar surface area (TPSA) is 83.7 Å². The summed E-state index contributed by atoms with van der Waals surface area (Å²) in [5.41, 5.74) is 5.93. The van der Waals surface area contributed by atoms with Crippen LogP contribution < -0.4 is 10.7 Å². The number of benzene rings is 2. The molecule has 1 heterocycles. The fraction of sp³-hybridized carbons (Fsp3) is 0.0952. The average molecular weight is 361 g/mol. The van der Waals surface area contributed by atoms with E-state index in [1.807, 2.05) is 54.6 Å². The first-order valence-corrected chi connectivity index (χ1v) is 8.44. The van der Waals surface area contributed by atoms with Crippen LogP contribution in [0.1, 0.15) is 18.2 Å². The number of hydrogen-bond donors (Lipinski definition) is 2. The lowest BCUT2D eigenvalue weighted by Gasteiger charge is -2.05. The Morgan fingerprint density at radius 3 is 2.26 bits per heavy atom. The maximum absolute atomic E-state index is 11.8. The number of nitrogens with one attached hydrogen (secondary N) is 2. The Kier molecular flexibility index (Phi) is 5.79. The highest BCUT2D eigenvalue weighted by atomic mass is 16.3. The maximum atomic E-state index is 11.8. The molecule has 6 heteroatoms. The average Bonchev–Trinajstić information content (AvgIpc) is 3.24. The number of nitrogens with zero attached hydrogens (tertiary/aromatic N) is 1. The van der Waals surface area contributed by atoms with Gasteiger partial charge in [-0.05, 0) is 35.7 Å². The third kappa shape index (κ3) is 4.92. The molecule has 2 amide bonds. The van der Waals surface area contributed by atoms with E-state index in [-0.39, 0.29) is 6.54 Å².